The van der Waals surface area contributed by atoms with Crippen molar-refractivity contribution >= 4 is 33.5 Å². The van der Waals surface area contributed by atoms with Gasteiger partial charge in [0.15, 0.2) is 0 Å². The van der Waals surface area contributed by atoms with Gasteiger partial charge in [-0.25, -0.2) is 0 Å². The van der Waals surface area contributed by atoms with Crippen LogP contribution in [0.2, 0.25) is 0 Å². The van der Waals surface area contributed by atoms with E-state index in [1.54, 1.807) is 0 Å². The van der Waals surface area contributed by atoms with Gasteiger partial charge in [-0.05, 0) is 43.5 Å². The predicted molar refractivity (Wildman–Crippen MR) is 84.4 cm³/mol. The molecule has 5 nitrogen and oxygen atoms in total. The molecule has 2 rings (SSSR count). The number of carbonyl (C=O) groups is 2. The molecule has 114 valence electrons. The first-order valence-corrected chi connectivity index (χ1v) is 7.77. The molecular weight excluding hydrogens is 336 g/mol. The van der Waals surface area contributed by atoms with Crippen LogP contribution >= 0.6 is 15.9 Å². The SMILES string of the molecule is Cc1cc(Br)ccc1NC(=O)CN(CCC(=O)O)C1CC1. The van der Waals surface area contributed by atoms with Crippen molar-refractivity contribution in [3.8, 4) is 0 Å². The van der Waals surface area contributed by atoms with Crippen molar-refractivity contribution in [1.29, 1.82) is 0 Å². The normalized spacial score (nSPS) is 14.2. The fourth-order valence-corrected chi connectivity index (χ4v) is 2.69. The van der Waals surface area contributed by atoms with Gasteiger partial charge in [0, 0.05) is 22.7 Å². The van der Waals surface area contributed by atoms with Gasteiger partial charge >= 0.3 is 5.97 Å². The van der Waals surface area contributed by atoms with Crippen molar-refractivity contribution in [2.24, 2.45) is 0 Å². The molecule has 0 unspecified atom stereocenters. The summed E-state index contributed by atoms with van der Waals surface area (Å²) in [5.74, 6) is -0.928. The number of rotatable bonds is 7. The molecule has 1 aliphatic carbocycles. The second kappa shape index (κ2) is 7.04. The van der Waals surface area contributed by atoms with Gasteiger partial charge in [0.25, 0.3) is 0 Å². The minimum Gasteiger partial charge on any atom is -0.481 e. The van der Waals surface area contributed by atoms with Crippen LogP contribution in [0.25, 0.3) is 0 Å². The van der Waals surface area contributed by atoms with E-state index in [0.717, 1.165) is 28.6 Å². The fourth-order valence-electron chi connectivity index (χ4n) is 2.21. The van der Waals surface area contributed by atoms with E-state index in [1.165, 1.54) is 0 Å². The Morgan fingerprint density at radius 3 is 2.71 bits per heavy atom. The van der Waals surface area contributed by atoms with Crippen LogP contribution < -0.4 is 5.32 Å². The van der Waals surface area contributed by atoms with Crippen molar-refractivity contribution in [3.63, 3.8) is 0 Å². The Morgan fingerprint density at radius 1 is 1.43 bits per heavy atom. The van der Waals surface area contributed by atoms with Crippen LogP contribution in [0.1, 0.15) is 24.8 Å². The summed E-state index contributed by atoms with van der Waals surface area (Å²) >= 11 is 3.39. The van der Waals surface area contributed by atoms with E-state index in [0.29, 0.717) is 12.6 Å². The molecule has 0 bridgehead atoms. The Labute approximate surface area is 132 Å². The van der Waals surface area contributed by atoms with Crippen LogP contribution in [-0.4, -0.2) is 41.0 Å². The Morgan fingerprint density at radius 2 is 2.14 bits per heavy atom. The number of carboxylic acid groups (broad SMARTS) is 1. The summed E-state index contributed by atoms with van der Waals surface area (Å²) in [5.41, 5.74) is 1.78. The number of hydrogen-bond acceptors (Lipinski definition) is 3. The number of carboxylic acids is 1. The van der Waals surface area contributed by atoms with Crippen LogP contribution in [0.3, 0.4) is 0 Å². The number of anilines is 1. The minimum absolute atomic E-state index is 0.0705. The molecular formula is C15H19BrN2O3. The van der Waals surface area contributed by atoms with E-state index in [2.05, 4.69) is 21.2 Å². The summed E-state index contributed by atoms with van der Waals surface area (Å²) in [6, 6.07) is 6.04. The van der Waals surface area contributed by atoms with E-state index in [1.807, 2.05) is 30.0 Å². The Bertz CT molecular complexity index is 544. The predicted octanol–water partition coefficient (Wildman–Crippen LogP) is 2.64. The monoisotopic (exact) mass is 354 g/mol. The summed E-state index contributed by atoms with van der Waals surface area (Å²) in [6.45, 7) is 2.60. The standard InChI is InChI=1S/C15H19BrN2O3/c1-10-8-11(16)2-5-13(10)17-14(19)9-18(12-3-4-12)7-6-15(20)21/h2,5,8,12H,3-4,6-7,9H2,1H3,(H,17,19)(H,20,21). The molecule has 0 aromatic heterocycles. The third-order valence-corrected chi connectivity index (χ3v) is 3.98. The highest BCUT2D eigenvalue weighted by atomic mass is 79.9. The van der Waals surface area contributed by atoms with Gasteiger partial charge in [-0.3, -0.25) is 14.5 Å². The zero-order valence-corrected chi connectivity index (χ0v) is 13.5. The molecule has 0 radical (unpaired) electrons. The first kappa shape index (κ1) is 16.0. The molecule has 0 spiro atoms. The maximum Gasteiger partial charge on any atom is 0.304 e. The van der Waals surface area contributed by atoms with E-state index in [-0.39, 0.29) is 18.9 Å². The summed E-state index contributed by atoms with van der Waals surface area (Å²) < 4.78 is 0.971. The number of nitrogens with one attached hydrogen (secondary N) is 1. The number of aliphatic carboxylic acids is 1. The number of nitrogens with zero attached hydrogens (tertiary/aromatic N) is 1. The number of hydrogen-bond donors (Lipinski definition) is 2. The highest BCUT2D eigenvalue weighted by Crippen LogP contribution is 2.27. The molecule has 0 saturated heterocycles. The Hall–Kier alpha value is -1.40. The molecule has 1 aromatic rings. The van der Waals surface area contributed by atoms with Crippen molar-refractivity contribution in [3.05, 3.63) is 28.2 Å². The number of benzene rings is 1. The van der Waals surface area contributed by atoms with Gasteiger partial charge < -0.3 is 10.4 Å². The van der Waals surface area contributed by atoms with Crippen molar-refractivity contribution in [1.82, 2.24) is 4.90 Å². The fraction of sp³-hybridized carbons (Fsp3) is 0.467. The third kappa shape index (κ3) is 5.13. The smallest absolute Gasteiger partial charge is 0.304 e. The van der Waals surface area contributed by atoms with Gasteiger partial charge in [0.1, 0.15) is 0 Å². The van der Waals surface area contributed by atoms with Crippen LogP contribution in [0, 0.1) is 6.92 Å². The van der Waals surface area contributed by atoms with Gasteiger partial charge in [0.2, 0.25) is 5.91 Å². The van der Waals surface area contributed by atoms with Crippen molar-refractivity contribution in [2.75, 3.05) is 18.4 Å². The molecule has 2 N–H and O–H groups in total. The van der Waals surface area contributed by atoms with Crippen LogP contribution in [0.15, 0.2) is 22.7 Å². The van der Waals surface area contributed by atoms with Gasteiger partial charge in [0.05, 0.1) is 13.0 Å². The molecule has 21 heavy (non-hydrogen) atoms. The lowest BCUT2D eigenvalue weighted by molar-refractivity contribution is -0.137. The van der Waals surface area contributed by atoms with E-state index in [4.69, 9.17) is 5.11 Å². The zero-order valence-electron chi connectivity index (χ0n) is 11.9. The van der Waals surface area contributed by atoms with Crippen LogP contribution in [0.5, 0.6) is 0 Å². The lowest BCUT2D eigenvalue weighted by Gasteiger charge is -2.20. The number of amides is 1. The molecule has 1 amide bonds. The van der Waals surface area contributed by atoms with E-state index < -0.39 is 5.97 Å². The first-order valence-electron chi connectivity index (χ1n) is 6.97. The summed E-state index contributed by atoms with van der Waals surface area (Å²) in [5, 5.41) is 11.7. The molecule has 0 atom stereocenters. The van der Waals surface area contributed by atoms with Crippen LogP contribution in [-0.2, 0) is 9.59 Å². The zero-order chi connectivity index (χ0) is 15.4. The molecule has 6 heteroatoms. The molecule has 1 fully saturated rings. The largest absolute Gasteiger partial charge is 0.481 e. The Balaban J connectivity index is 1.91. The second-order valence-electron chi connectivity index (χ2n) is 5.35. The van der Waals surface area contributed by atoms with E-state index in [9.17, 15) is 9.59 Å². The summed E-state index contributed by atoms with van der Waals surface area (Å²) in [4.78, 5) is 24.7. The second-order valence-corrected chi connectivity index (χ2v) is 6.27. The molecule has 1 saturated carbocycles. The average Bonchev–Trinajstić information content (AvgIpc) is 3.22. The van der Waals surface area contributed by atoms with Crippen molar-refractivity contribution < 1.29 is 14.7 Å². The van der Waals surface area contributed by atoms with E-state index >= 15 is 0 Å². The van der Waals surface area contributed by atoms with Gasteiger partial charge in [-0.1, -0.05) is 15.9 Å². The summed E-state index contributed by atoms with van der Waals surface area (Å²) in [6.07, 6.45) is 2.16. The molecule has 0 aliphatic heterocycles. The Kier molecular flexibility index (Phi) is 5.36. The lowest BCUT2D eigenvalue weighted by atomic mass is 10.2. The average molecular weight is 355 g/mol. The topological polar surface area (TPSA) is 69.6 Å². The number of halogens is 1. The minimum atomic E-state index is -0.829. The van der Waals surface area contributed by atoms with Gasteiger partial charge in [-0.15, -0.1) is 0 Å². The number of carbonyl (C=O) groups excluding carboxylic acids is 1. The quantitative estimate of drug-likeness (QED) is 0.789. The third-order valence-electron chi connectivity index (χ3n) is 3.49. The van der Waals surface area contributed by atoms with Crippen molar-refractivity contribution in [2.45, 2.75) is 32.2 Å². The lowest BCUT2D eigenvalue weighted by Crippen LogP contribution is -2.36. The van der Waals surface area contributed by atoms with Gasteiger partial charge in [-0.2, -0.15) is 0 Å². The van der Waals surface area contributed by atoms with Crippen LogP contribution in [0.4, 0.5) is 5.69 Å². The molecule has 0 heterocycles. The molecule has 1 aliphatic rings. The molecule has 1 aromatic carbocycles. The summed E-state index contributed by atoms with van der Waals surface area (Å²) in [7, 11) is 0. The maximum absolute atomic E-state index is 12.1. The first-order chi connectivity index (χ1) is 9.95. The highest BCUT2D eigenvalue weighted by Gasteiger charge is 2.30. The number of aryl methyl sites for hydroxylation is 1. The maximum atomic E-state index is 12.1. The highest BCUT2D eigenvalue weighted by molar-refractivity contribution is 9.10.